The monoisotopic (exact) mass is 346 g/mol. The first-order valence-electron chi connectivity index (χ1n) is 6.91. The average Bonchev–Trinajstić information content (AvgIpc) is 3.09. The van der Waals surface area contributed by atoms with E-state index >= 15 is 0 Å². The predicted octanol–water partition coefficient (Wildman–Crippen LogP) is 0.544. The molecular formula is C14H14N6O3S. The summed E-state index contributed by atoms with van der Waals surface area (Å²) in [6.45, 7) is -0.0593. The van der Waals surface area contributed by atoms with Crippen LogP contribution in [0.5, 0.6) is 5.75 Å². The Labute approximate surface area is 138 Å². The first-order chi connectivity index (χ1) is 11.6. The number of tetrazole rings is 1. The van der Waals surface area contributed by atoms with Crippen LogP contribution in [0.15, 0.2) is 53.7 Å². The highest BCUT2D eigenvalue weighted by atomic mass is 32.2. The molecular weight excluding hydrogens is 332 g/mol. The SMILES string of the molecule is COc1ccc(-n2nnnc2CNS(=O)(=O)c2cccnc2)cc1. The lowest BCUT2D eigenvalue weighted by Gasteiger charge is -2.07. The Bertz CT molecular complexity index is 909. The third-order valence-electron chi connectivity index (χ3n) is 3.22. The molecule has 24 heavy (non-hydrogen) atoms. The molecule has 1 aromatic carbocycles. The number of hydrogen-bond acceptors (Lipinski definition) is 7. The van der Waals surface area contributed by atoms with Gasteiger partial charge in [-0.1, -0.05) is 0 Å². The zero-order valence-electron chi connectivity index (χ0n) is 12.7. The molecule has 0 bridgehead atoms. The molecule has 124 valence electrons. The topological polar surface area (TPSA) is 112 Å². The lowest BCUT2D eigenvalue weighted by Crippen LogP contribution is -2.25. The van der Waals surface area contributed by atoms with E-state index in [0.29, 0.717) is 17.3 Å². The van der Waals surface area contributed by atoms with Gasteiger partial charge in [0.2, 0.25) is 10.0 Å². The second-order valence-corrected chi connectivity index (χ2v) is 6.49. The minimum absolute atomic E-state index is 0.0593. The van der Waals surface area contributed by atoms with Gasteiger partial charge in [0.05, 0.1) is 19.3 Å². The van der Waals surface area contributed by atoms with Crippen LogP contribution in [0.2, 0.25) is 0 Å². The second kappa shape index (κ2) is 6.72. The molecule has 0 amide bonds. The van der Waals surface area contributed by atoms with Gasteiger partial charge in [-0.15, -0.1) is 5.10 Å². The average molecular weight is 346 g/mol. The molecule has 0 spiro atoms. The number of hydrogen-bond donors (Lipinski definition) is 1. The van der Waals surface area contributed by atoms with Crippen LogP contribution in [-0.4, -0.2) is 40.7 Å². The number of ether oxygens (including phenoxy) is 1. The van der Waals surface area contributed by atoms with Gasteiger partial charge in [0.25, 0.3) is 0 Å². The van der Waals surface area contributed by atoms with Crippen LogP contribution in [0.1, 0.15) is 5.82 Å². The Morgan fingerprint density at radius 1 is 1.21 bits per heavy atom. The fourth-order valence-electron chi connectivity index (χ4n) is 1.99. The van der Waals surface area contributed by atoms with E-state index in [1.807, 2.05) is 0 Å². The largest absolute Gasteiger partial charge is 0.497 e. The van der Waals surface area contributed by atoms with Crippen molar-refractivity contribution in [1.29, 1.82) is 0 Å². The maximum absolute atomic E-state index is 12.2. The maximum Gasteiger partial charge on any atom is 0.242 e. The number of nitrogens with zero attached hydrogens (tertiary/aromatic N) is 5. The van der Waals surface area contributed by atoms with Crippen molar-refractivity contribution in [2.75, 3.05) is 7.11 Å². The Balaban J connectivity index is 1.78. The first kappa shape index (κ1) is 16.0. The molecule has 9 nitrogen and oxygen atoms in total. The molecule has 0 unspecified atom stereocenters. The highest BCUT2D eigenvalue weighted by molar-refractivity contribution is 7.89. The molecule has 10 heteroatoms. The first-order valence-corrected chi connectivity index (χ1v) is 8.40. The van der Waals surface area contributed by atoms with Crippen molar-refractivity contribution in [2.24, 2.45) is 0 Å². The van der Waals surface area contributed by atoms with Crippen molar-refractivity contribution in [3.63, 3.8) is 0 Å². The van der Waals surface area contributed by atoms with Crippen molar-refractivity contribution >= 4 is 10.0 Å². The molecule has 0 atom stereocenters. The number of rotatable bonds is 6. The molecule has 0 aliphatic heterocycles. The Morgan fingerprint density at radius 2 is 2.00 bits per heavy atom. The molecule has 2 heterocycles. The highest BCUT2D eigenvalue weighted by Crippen LogP contribution is 2.15. The van der Waals surface area contributed by atoms with E-state index in [1.54, 1.807) is 37.4 Å². The lowest BCUT2D eigenvalue weighted by molar-refractivity contribution is 0.414. The van der Waals surface area contributed by atoms with Crippen LogP contribution in [0, 0.1) is 0 Å². The smallest absolute Gasteiger partial charge is 0.242 e. The summed E-state index contributed by atoms with van der Waals surface area (Å²) < 4.78 is 33.4. The minimum atomic E-state index is -3.69. The second-order valence-electron chi connectivity index (χ2n) is 4.72. The highest BCUT2D eigenvalue weighted by Gasteiger charge is 2.16. The summed E-state index contributed by atoms with van der Waals surface area (Å²) in [4.78, 5) is 3.88. The molecule has 0 fully saturated rings. The van der Waals surface area contributed by atoms with Crippen LogP contribution in [0.4, 0.5) is 0 Å². The minimum Gasteiger partial charge on any atom is -0.497 e. The fourth-order valence-corrected chi connectivity index (χ4v) is 2.93. The molecule has 3 aromatic rings. The van der Waals surface area contributed by atoms with Crippen molar-refractivity contribution in [3.05, 3.63) is 54.6 Å². The van der Waals surface area contributed by atoms with Crippen LogP contribution in [-0.2, 0) is 16.6 Å². The number of pyridine rings is 1. The standard InChI is InChI=1S/C14H14N6O3S/c1-23-12-6-4-11(5-7-12)20-14(17-18-19-20)10-16-24(21,22)13-3-2-8-15-9-13/h2-9,16H,10H2,1H3. The summed E-state index contributed by atoms with van der Waals surface area (Å²) in [5.74, 6) is 1.05. The zero-order valence-corrected chi connectivity index (χ0v) is 13.5. The normalized spacial score (nSPS) is 11.4. The summed E-state index contributed by atoms with van der Waals surface area (Å²) >= 11 is 0. The quantitative estimate of drug-likeness (QED) is 0.693. The van der Waals surface area contributed by atoms with Crippen LogP contribution >= 0.6 is 0 Å². The summed E-state index contributed by atoms with van der Waals surface area (Å²) in [5.41, 5.74) is 0.691. The van der Waals surface area contributed by atoms with Crippen LogP contribution in [0.25, 0.3) is 5.69 Å². The zero-order chi connectivity index (χ0) is 17.0. The van der Waals surface area contributed by atoms with E-state index in [-0.39, 0.29) is 11.4 Å². The van der Waals surface area contributed by atoms with E-state index in [4.69, 9.17) is 4.74 Å². The van der Waals surface area contributed by atoms with E-state index in [0.717, 1.165) is 0 Å². The number of aromatic nitrogens is 5. The molecule has 0 radical (unpaired) electrons. The Morgan fingerprint density at radius 3 is 2.67 bits per heavy atom. The van der Waals surface area contributed by atoms with E-state index in [9.17, 15) is 8.42 Å². The summed E-state index contributed by atoms with van der Waals surface area (Å²) in [6, 6.07) is 10.1. The van der Waals surface area contributed by atoms with Gasteiger partial charge >= 0.3 is 0 Å². The fraction of sp³-hybridized carbons (Fsp3) is 0.143. The van der Waals surface area contributed by atoms with E-state index in [1.165, 1.54) is 23.1 Å². The predicted molar refractivity (Wildman–Crippen MR) is 84.0 cm³/mol. The third-order valence-corrected chi connectivity index (χ3v) is 4.60. The van der Waals surface area contributed by atoms with Crippen molar-refractivity contribution in [1.82, 2.24) is 29.9 Å². The number of sulfonamides is 1. The molecule has 1 N–H and O–H groups in total. The third kappa shape index (κ3) is 3.39. The number of methoxy groups -OCH3 is 1. The molecule has 3 rings (SSSR count). The number of benzene rings is 1. The summed E-state index contributed by atoms with van der Waals surface area (Å²) in [5, 5.41) is 11.3. The van der Waals surface area contributed by atoms with Gasteiger partial charge in [0.15, 0.2) is 5.82 Å². The molecule has 0 aliphatic rings. The van der Waals surface area contributed by atoms with Crippen molar-refractivity contribution in [3.8, 4) is 11.4 Å². The molecule has 0 saturated carbocycles. The number of nitrogens with one attached hydrogen (secondary N) is 1. The Kier molecular flexibility index (Phi) is 4.49. The van der Waals surface area contributed by atoms with Crippen LogP contribution in [0.3, 0.4) is 0 Å². The van der Waals surface area contributed by atoms with E-state index < -0.39 is 10.0 Å². The summed E-state index contributed by atoms with van der Waals surface area (Å²) in [6.07, 6.45) is 2.78. The molecule has 2 aromatic heterocycles. The lowest BCUT2D eigenvalue weighted by atomic mass is 10.3. The van der Waals surface area contributed by atoms with E-state index in [2.05, 4.69) is 25.2 Å². The van der Waals surface area contributed by atoms with Gasteiger partial charge in [-0.25, -0.2) is 13.1 Å². The van der Waals surface area contributed by atoms with Crippen LogP contribution < -0.4 is 9.46 Å². The van der Waals surface area contributed by atoms with Gasteiger partial charge in [-0.3, -0.25) is 4.98 Å². The van der Waals surface area contributed by atoms with Crippen molar-refractivity contribution < 1.29 is 13.2 Å². The maximum atomic E-state index is 12.2. The molecule has 0 saturated heterocycles. The Hall–Kier alpha value is -2.85. The summed E-state index contributed by atoms with van der Waals surface area (Å²) in [7, 11) is -2.11. The van der Waals surface area contributed by atoms with Gasteiger partial charge in [-0.05, 0) is 46.8 Å². The van der Waals surface area contributed by atoms with Gasteiger partial charge in [-0.2, -0.15) is 4.68 Å². The van der Waals surface area contributed by atoms with Crippen molar-refractivity contribution in [2.45, 2.75) is 11.4 Å². The van der Waals surface area contributed by atoms with Gasteiger partial charge in [0, 0.05) is 12.4 Å². The van der Waals surface area contributed by atoms with Gasteiger partial charge in [0.1, 0.15) is 10.6 Å². The van der Waals surface area contributed by atoms with Gasteiger partial charge < -0.3 is 4.74 Å². The molecule has 0 aliphatic carbocycles.